The van der Waals surface area contributed by atoms with E-state index in [0.717, 1.165) is 32.1 Å². The van der Waals surface area contributed by atoms with Gasteiger partial charge in [0.2, 0.25) is 0 Å². The highest BCUT2D eigenvalue weighted by atomic mass is 16.4. The van der Waals surface area contributed by atoms with E-state index >= 15 is 0 Å². The third-order valence-electron chi connectivity index (χ3n) is 9.26. The molecule has 4 aliphatic carbocycles. The number of carbonyl (C=O) groups is 3. The first kappa shape index (κ1) is 19.8. The lowest BCUT2D eigenvalue weighted by molar-refractivity contribution is -0.137. The summed E-state index contributed by atoms with van der Waals surface area (Å²) in [7, 11) is 0. The van der Waals surface area contributed by atoms with Gasteiger partial charge in [0, 0.05) is 25.7 Å². The van der Waals surface area contributed by atoms with E-state index in [1.54, 1.807) is 5.57 Å². The summed E-state index contributed by atoms with van der Waals surface area (Å²) in [5.41, 5.74) is 2.65. The Morgan fingerprint density at radius 2 is 1.89 bits per heavy atom. The minimum Gasteiger partial charge on any atom is -0.481 e. The van der Waals surface area contributed by atoms with Gasteiger partial charge in [0.25, 0.3) is 0 Å². The number of Topliss-reactive ketones (excluding diaryl/α,β-unsaturated/α-hetero) is 2. The van der Waals surface area contributed by atoms with E-state index in [9.17, 15) is 14.4 Å². The van der Waals surface area contributed by atoms with Gasteiger partial charge in [-0.15, -0.1) is 0 Å². The summed E-state index contributed by atoms with van der Waals surface area (Å²) in [5, 5.41) is 9.07. The zero-order chi connectivity index (χ0) is 20.3. The van der Waals surface area contributed by atoms with Crippen molar-refractivity contribution in [1.82, 2.24) is 0 Å². The molecule has 4 heteroatoms. The van der Waals surface area contributed by atoms with E-state index in [4.69, 9.17) is 5.11 Å². The number of carbonyl (C=O) groups excluding carboxylic acids is 2. The molecule has 1 N–H and O–H groups in total. The van der Waals surface area contributed by atoms with Crippen LogP contribution in [0.2, 0.25) is 0 Å². The molecule has 0 aromatic carbocycles. The van der Waals surface area contributed by atoms with Crippen LogP contribution in [0.3, 0.4) is 0 Å². The number of ketones is 2. The lowest BCUT2D eigenvalue weighted by Gasteiger charge is -2.55. The summed E-state index contributed by atoms with van der Waals surface area (Å²) < 4.78 is 0. The predicted octanol–water partition coefficient (Wildman–Crippen LogP) is 4.96. The summed E-state index contributed by atoms with van der Waals surface area (Å²) in [6, 6.07) is 0. The molecule has 0 aromatic rings. The highest BCUT2D eigenvalue weighted by molar-refractivity contribution is 5.91. The monoisotopic (exact) mass is 386 g/mol. The molecule has 0 radical (unpaired) electrons. The Bertz CT molecular complexity index is 750. The number of allylic oxidation sites excluding steroid dienone is 2. The van der Waals surface area contributed by atoms with Crippen LogP contribution in [-0.4, -0.2) is 22.6 Å². The van der Waals surface area contributed by atoms with Gasteiger partial charge in [-0.2, -0.15) is 0 Å². The SMILES string of the molecule is CC(CCC(=O)O)C1CCC2=C3CCC4CC(=O)CCC4(C)C3CC(=O)C21C. The number of hydrogen-bond donors (Lipinski definition) is 1. The Kier molecular flexibility index (Phi) is 4.83. The van der Waals surface area contributed by atoms with E-state index < -0.39 is 11.4 Å². The first-order chi connectivity index (χ1) is 13.2. The third-order valence-corrected chi connectivity index (χ3v) is 9.26. The highest BCUT2D eigenvalue weighted by Gasteiger charge is 2.59. The summed E-state index contributed by atoms with van der Waals surface area (Å²) in [6.45, 7) is 6.63. The fourth-order valence-electron chi connectivity index (χ4n) is 7.48. The molecule has 0 aromatic heterocycles. The van der Waals surface area contributed by atoms with Gasteiger partial charge >= 0.3 is 5.97 Å². The van der Waals surface area contributed by atoms with Gasteiger partial charge in [0.05, 0.1) is 5.41 Å². The smallest absolute Gasteiger partial charge is 0.303 e. The molecule has 6 atom stereocenters. The standard InChI is InChI=1S/C24H34O4/c1-14(4-9-22(27)28)18-7-8-19-17-6-5-15-12-16(25)10-11-23(15,2)20(17)13-21(26)24(18,19)3/h14-15,18,20H,4-13H2,1-3H3,(H,27,28). The maximum absolute atomic E-state index is 13.6. The van der Waals surface area contributed by atoms with Crippen molar-refractivity contribution in [2.45, 2.75) is 85.0 Å². The van der Waals surface area contributed by atoms with Crippen LogP contribution in [-0.2, 0) is 14.4 Å². The van der Waals surface area contributed by atoms with Crippen LogP contribution in [0.1, 0.15) is 85.0 Å². The van der Waals surface area contributed by atoms with Gasteiger partial charge < -0.3 is 5.11 Å². The zero-order valence-electron chi connectivity index (χ0n) is 17.6. The van der Waals surface area contributed by atoms with E-state index in [1.165, 1.54) is 5.57 Å². The maximum Gasteiger partial charge on any atom is 0.303 e. The molecule has 6 unspecified atom stereocenters. The van der Waals surface area contributed by atoms with Crippen LogP contribution in [0.15, 0.2) is 11.1 Å². The Morgan fingerprint density at radius 3 is 2.61 bits per heavy atom. The van der Waals surface area contributed by atoms with Crippen LogP contribution in [0.4, 0.5) is 0 Å². The molecular formula is C24H34O4. The normalized spacial score (nSPS) is 41.3. The van der Waals surface area contributed by atoms with Crippen LogP contribution in [0.25, 0.3) is 0 Å². The molecule has 0 bridgehead atoms. The molecule has 4 aliphatic rings. The van der Waals surface area contributed by atoms with Crippen molar-refractivity contribution < 1.29 is 19.5 Å². The minimum atomic E-state index is -0.748. The van der Waals surface area contributed by atoms with E-state index in [-0.39, 0.29) is 23.7 Å². The average molecular weight is 387 g/mol. The summed E-state index contributed by atoms with van der Waals surface area (Å²) >= 11 is 0. The lowest BCUT2D eigenvalue weighted by atomic mass is 9.48. The van der Waals surface area contributed by atoms with Gasteiger partial charge in [0.15, 0.2) is 0 Å². The molecule has 0 amide bonds. The predicted molar refractivity (Wildman–Crippen MR) is 107 cm³/mol. The number of carboxylic acids is 1. The molecule has 3 fully saturated rings. The van der Waals surface area contributed by atoms with Crippen LogP contribution in [0, 0.1) is 34.5 Å². The quantitative estimate of drug-likeness (QED) is 0.693. The van der Waals surface area contributed by atoms with Crippen molar-refractivity contribution in [1.29, 1.82) is 0 Å². The number of hydrogen-bond acceptors (Lipinski definition) is 3. The number of aliphatic carboxylic acids is 1. The molecule has 0 saturated heterocycles. The summed E-state index contributed by atoms with van der Waals surface area (Å²) in [4.78, 5) is 36.6. The minimum absolute atomic E-state index is 0.0957. The topological polar surface area (TPSA) is 71.4 Å². The van der Waals surface area contributed by atoms with Gasteiger partial charge in [-0.05, 0) is 74.5 Å². The summed E-state index contributed by atoms with van der Waals surface area (Å²) in [5.74, 6) is 1.30. The molecule has 28 heavy (non-hydrogen) atoms. The molecule has 154 valence electrons. The average Bonchev–Trinajstić information content (AvgIpc) is 3.00. The van der Waals surface area contributed by atoms with E-state index in [0.29, 0.717) is 49.1 Å². The van der Waals surface area contributed by atoms with E-state index in [2.05, 4.69) is 20.8 Å². The Morgan fingerprint density at radius 1 is 1.14 bits per heavy atom. The fourth-order valence-corrected chi connectivity index (χ4v) is 7.48. The number of carboxylic acid groups (broad SMARTS) is 1. The van der Waals surface area contributed by atoms with E-state index in [1.807, 2.05) is 0 Å². The van der Waals surface area contributed by atoms with Crippen molar-refractivity contribution in [2.75, 3.05) is 0 Å². The molecule has 4 nitrogen and oxygen atoms in total. The largest absolute Gasteiger partial charge is 0.481 e. The van der Waals surface area contributed by atoms with Crippen LogP contribution in [0.5, 0.6) is 0 Å². The number of fused-ring (bicyclic) bond motifs is 4. The number of rotatable bonds is 4. The first-order valence-electron chi connectivity index (χ1n) is 11.2. The second-order valence-corrected chi connectivity index (χ2v) is 10.4. The van der Waals surface area contributed by atoms with Gasteiger partial charge in [-0.25, -0.2) is 0 Å². The van der Waals surface area contributed by atoms with Crippen LogP contribution >= 0.6 is 0 Å². The molecule has 0 heterocycles. The highest BCUT2D eigenvalue weighted by Crippen LogP contribution is 2.64. The molecule has 3 saturated carbocycles. The van der Waals surface area contributed by atoms with Crippen molar-refractivity contribution >= 4 is 17.5 Å². The molecule has 0 aliphatic heterocycles. The Hall–Kier alpha value is -1.45. The van der Waals surface area contributed by atoms with Gasteiger partial charge in [-0.3, -0.25) is 14.4 Å². The maximum atomic E-state index is 13.6. The third kappa shape index (κ3) is 2.81. The van der Waals surface area contributed by atoms with Crippen LogP contribution < -0.4 is 0 Å². The first-order valence-corrected chi connectivity index (χ1v) is 11.2. The molecule has 4 rings (SSSR count). The molecule has 0 spiro atoms. The van der Waals surface area contributed by atoms with Gasteiger partial charge in [-0.1, -0.05) is 25.0 Å². The lowest BCUT2D eigenvalue weighted by Crippen LogP contribution is -2.50. The second-order valence-electron chi connectivity index (χ2n) is 10.4. The second kappa shape index (κ2) is 6.81. The van der Waals surface area contributed by atoms with Crippen molar-refractivity contribution in [2.24, 2.45) is 34.5 Å². The van der Waals surface area contributed by atoms with Crippen molar-refractivity contribution in [3.8, 4) is 0 Å². The molecular weight excluding hydrogens is 352 g/mol. The Labute approximate surface area is 168 Å². The zero-order valence-corrected chi connectivity index (χ0v) is 17.6. The Balaban J connectivity index is 1.66. The fraction of sp³-hybridized carbons (Fsp3) is 0.792. The van der Waals surface area contributed by atoms with Crippen molar-refractivity contribution in [3.63, 3.8) is 0 Å². The summed E-state index contributed by atoms with van der Waals surface area (Å²) in [6.07, 6.45) is 7.90. The van der Waals surface area contributed by atoms with Crippen molar-refractivity contribution in [3.05, 3.63) is 11.1 Å². The van der Waals surface area contributed by atoms with Gasteiger partial charge in [0.1, 0.15) is 11.6 Å².